The SMILES string of the molecule is COCCC(=O)N1CCN(C(=O)CCCCl)CC1. The predicted octanol–water partition coefficient (Wildman–Crippen LogP) is 0.713. The lowest BCUT2D eigenvalue weighted by Gasteiger charge is -2.34. The quantitative estimate of drug-likeness (QED) is 0.672. The number of hydrogen-bond acceptors (Lipinski definition) is 3. The van der Waals surface area contributed by atoms with Crippen molar-refractivity contribution in [1.29, 1.82) is 0 Å². The van der Waals surface area contributed by atoms with Gasteiger partial charge in [0.05, 0.1) is 13.0 Å². The van der Waals surface area contributed by atoms with Crippen molar-refractivity contribution in [2.75, 3.05) is 45.8 Å². The van der Waals surface area contributed by atoms with Crippen molar-refractivity contribution < 1.29 is 14.3 Å². The highest BCUT2D eigenvalue weighted by Gasteiger charge is 2.23. The van der Waals surface area contributed by atoms with Gasteiger partial charge in [-0.15, -0.1) is 11.6 Å². The Hall–Kier alpha value is -0.810. The van der Waals surface area contributed by atoms with E-state index in [1.807, 2.05) is 4.90 Å². The third kappa shape index (κ3) is 4.82. The highest BCUT2D eigenvalue weighted by atomic mass is 35.5. The third-order valence-corrected chi connectivity index (χ3v) is 3.30. The number of nitrogens with zero attached hydrogens (tertiary/aromatic N) is 2. The first-order chi connectivity index (χ1) is 8.69. The highest BCUT2D eigenvalue weighted by Crippen LogP contribution is 2.07. The molecule has 0 atom stereocenters. The molecule has 0 saturated carbocycles. The van der Waals surface area contributed by atoms with E-state index in [4.69, 9.17) is 16.3 Å². The molecule has 0 spiro atoms. The summed E-state index contributed by atoms with van der Waals surface area (Å²) < 4.78 is 4.88. The first-order valence-corrected chi connectivity index (χ1v) is 6.83. The zero-order chi connectivity index (χ0) is 13.4. The molecule has 18 heavy (non-hydrogen) atoms. The Bertz CT molecular complexity index is 250. The summed E-state index contributed by atoms with van der Waals surface area (Å²) in [4.78, 5) is 27.1. The minimum atomic E-state index is 0.102. The summed E-state index contributed by atoms with van der Waals surface area (Å²) in [5.41, 5.74) is 0. The molecule has 0 N–H and O–H groups in total. The molecule has 0 aromatic rings. The lowest BCUT2D eigenvalue weighted by Crippen LogP contribution is -2.50. The van der Waals surface area contributed by atoms with E-state index in [2.05, 4.69) is 0 Å². The molecule has 0 bridgehead atoms. The first kappa shape index (κ1) is 15.2. The molecular weight excluding hydrogens is 256 g/mol. The predicted molar refractivity (Wildman–Crippen MR) is 69.6 cm³/mol. The molecule has 1 heterocycles. The molecule has 0 aromatic carbocycles. The maximum atomic E-state index is 11.7. The fourth-order valence-corrected chi connectivity index (χ4v) is 2.06. The van der Waals surface area contributed by atoms with Crippen molar-refractivity contribution in [2.24, 2.45) is 0 Å². The second kappa shape index (κ2) is 8.32. The average Bonchev–Trinajstić information content (AvgIpc) is 2.42. The molecule has 5 nitrogen and oxygen atoms in total. The lowest BCUT2D eigenvalue weighted by molar-refractivity contribution is -0.140. The molecule has 0 aliphatic carbocycles. The first-order valence-electron chi connectivity index (χ1n) is 6.29. The molecule has 0 radical (unpaired) electrons. The van der Waals surface area contributed by atoms with Gasteiger partial charge in [-0.05, 0) is 6.42 Å². The van der Waals surface area contributed by atoms with Crippen molar-refractivity contribution in [3.63, 3.8) is 0 Å². The minimum absolute atomic E-state index is 0.102. The number of methoxy groups -OCH3 is 1. The Balaban J connectivity index is 2.27. The summed E-state index contributed by atoms with van der Waals surface area (Å²) in [6, 6.07) is 0. The largest absolute Gasteiger partial charge is 0.384 e. The van der Waals surface area contributed by atoms with Crippen LogP contribution in [-0.2, 0) is 14.3 Å². The number of piperazine rings is 1. The van der Waals surface area contributed by atoms with Crippen LogP contribution in [0.3, 0.4) is 0 Å². The van der Waals surface area contributed by atoms with Crippen molar-refractivity contribution in [3.8, 4) is 0 Å². The molecule has 6 heteroatoms. The van der Waals surface area contributed by atoms with Gasteiger partial charge in [-0.1, -0.05) is 0 Å². The molecule has 1 saturated heterocycles. The topological polar surface area (TPSA) is 49.9 Å². The number of carbonyl (C=O) groups excluding carboxylic acids is 2. The van der Waals surface area contributed by atoms with E-state index in [1.54, 1.807) is 12.0 Å². The van der Waals surface area contributed by atoms with Crippen molar-refractivity contribution in [2.45, 2.75) is 19.3 Å². The number of amides is 2. The summed E-state index contributed by atoms with van der Waals surface area (Å²) in [5, 5.41) is 0. The van der Waals surface area contributed by atoms with E-state index in [-0.39, 0.29) is 11.8 Å². The Morgan fingerprint density at radius 1 is 1.06 bits per heavy atom. The highest BCUT2D eigenvalue weighted by molar-refractivity contribution is 6.17. The average molecular weight is 277 g/mol. The van der Waals surface area contributed by atoms with Crippen LogP contribution in [0.2, 0.25) is 0 Å². The van der Waals surface area contributed by atoms with E-state index in [0.717, 1.165) is 0 Å². The number of halogens is 1. The number of alkyl halides is 1. The van der Waals surface area contributed by atoms with Crippen LogP contribution in [0.1, 0.15) is 19.3 Å². The molecule has 1 rings (SSSR count). The van der Waals surface area contributed by atoms with Crippen LogP contribution < -0.4 is 0 Å². The van der Waals surface area contributed by atoms with E-state index < -0.39 is 0 Å². The summed E-state index contributed by atoms with van der Waals surface area (Å²) in [6.45, 7) is 2.94. The van der Waals surface area contributed by atoms with Gasteiger partial charge in [0.25, 0.3) is 0 Å². The van der Waals surface area contributed by atoms with Gasteiger partial charge in [0.1, 0.15) is 0 Å². The smallest absolute Gasteiger partial charge is 0.225 e. The Morgan fingerprint density at radius 3 is 2.00 bits per heavy atom. The number of carbonyl (C=O) groups is 2. The Kier molecular flexibility index (Phi) is 7.05. The maximum absolute atomic E-state index is 11.7. The van der Waals surface area contributed by atoms with Crippen molar-refractivity contribution in [1.82, 2.24) is 9.80 Å². The van der Waals surface area contributed by atoms with Gasteiger partial charge in [0.2, 0.25) is 11.8 Å². The molecule has 1 aliphatic rings. The summed E-state index contributed by atoms with van der Waals surface area (Å²) in [5.74, 6) is 0.755. The van der Waals surface area contributed by atoms with E-state index >= 15 is 0 Å². The monoisotopic (exact) mass is 276 g/mol. The molecule has 2 amide bonds. The van der Waals surface area contributed by atoms with Gasteiger partial charge in [0.15, 0.2) is 0 Å². The molecule has 0 aromatic heterocycles. The van der Waals surface area contributed by atoms with Gasteiger partial charge in [-0.3, -0.25) is 9.59 Å². The number of rotatable bonds is 6. The summed E-state index contributed by atoms with van der Waals surface area (Å²) in [6.07, 6.45) is 1.63. The van der Waals surface area contributed by atoms with Crippen LogP contribution in [0.5, 0.6) is 0 Å². The van der Waals surface area contributed by atoms with E-state index in [1.165, 1.54) is 0 Å². The van der Waals surface area contributed by atoms with Gasteiger partial charge in [0, 0.05) is 45.6 Å². The van der Waals surface area contributed by atoms with Crippen LogP contribution in [-0.4, -0.2) is 67.4 Å². The van der Waals surface area contributed by atoms with Crippen LogP contribution in [0.15, 0.2) is 0 Å². The molecule has 104 valence electrons. The Morgan fingerprint density at radius 2 is 1.56 bits per heavy atom. The number of hydrogen-bond donors (Lipinski definition) is 0. The fraction of sp³-hybridized carbons (Fsp3) is 0.833. The standard InChI is InChI=1S/C12H21ClN2O3/c1-18-10-4-12(17)15-8-6-14(7-9-15)11(16)3-2-5-13/h2-10H2,1H3. The van der Waals surface area contributed by atoms with E-state index in [9.17, 15) is 9.59 Å². The molecule has 1 fully saturated rings. The molecular formula is C12H21ClN2O3. The molecule has 1 aliphatic heterocycles. The van der Waals surface area contributed by atoms with Crippen molar-refractivity contribution in [3.05, 3.63) is 0 Å². The maximum Gasteiger partial charge on any atom is 0.225 e. The van der Waals surface area contributed by atoms with Gasteiger partial charge in [-0.2, -0.15) is 0 Å². The van der Waals surface area contributed by atoms with Gasteiger partial charge in [-0.25, -0.2) is 0 Å². The Labute approximate surface area is 113 Å². The van der Waals surface area contributed by atoms with Gasteiger partial charge < -0.3 is 14.5 Å². The van der Waals surface area contributed by atoms with Crippen LogP contribution >= 0.6 is 11.6 Å². The molecule has 0 unspecified atom stereocenters. The van der Waals surface area contributed by atoms with Crippen molar-refractivity contribution >= 4 is 23.4 Å². The lowest BCUT2D eigenvalue weighted by atomic mass is 10.2. The van der Waals surface area contributed by atoms with Gasteiger partial charge >= 0.3 is 0 Å². The summed E-state index contributed by atoms with van der Waals surface area (Å²) >= 11 is 5.56. The zero-order valence-corrected chi connectivity index (χ0v) is 11.6. The normalized spacial score (nSPS) is 15.9. The fourth-order valence-electron chi connectivity index (χ4n) is 1.93. The second-order valence-corrected chi connectivity index (χ2v) is 4.67. The van der Waals surface area contributed by atoms with E-state index in [0.29, 0.717) is 57.9 Å². The van der Waals surface area contributed by atoms with Crippen LogP contribution in [0.25, 0.3) is 0 Å². The minimum Gasteiger partial charge on any atom is -0.384 e. The van der Waals surface area contributed by atoms with Crippen LogP contribution in [0.4, 0.5) is 0 Å². The summed E-state index contributed by atoms with van der Waals surface area (Å²) in [7, 11) is 1.58. The third-order valence-electron chi connectivity index (χ3n) is 3.03. The zero-order valence-electron chi connectivity index (χ0n) is 10.9. The van der Waals surface area contributed by atoms with Crippen LogP contribution in [0, 0.1) is 0 Å². The number of ether oxygens (including phenoxy) is 1. The second-order valence-electron chi connectivity index (χ2n) is 4.30.